The minimum Gasteiger partial charge on any atom is -0.406 e. The van der Waals surface area contributed by atoms with Crippen LogP contribution in [0, 0.1) is 0 Å². The topological polar surface area (TPSA) is 47.5 Å². The molecule has 4 rings (SSSR count). The summed E-state index contributed by atoms with van der Waals surface area (Å²) < 4.78 is 47.2. The average Bonchev–Trinajstić information content (AvgIpc) is 2.74. The zero-order valence-electron chi connectivity index (χ0n) is 15.4. The fourth-order valence-electron chi connectivity index (χ4n) is 3.11. The molecule has 0 saturated carbocycles. The molecule has 1 saturated heterocycles. The highest BCUT2D eigenvalue weighted by atomic mass is 19.4. The van der Waals surface area contributed by atoms with Gasteiger partial charge in [0.05, 0.1) is 18.9 Å². The minimum atomic E-state index is -4.76. The van der Waals surface area contributed by atoms with Gasteiger partial charge in [0, 0.05) is 30.3 Å². The average molecular weight is 401 g/mol. The number of hydrogen-bond acceptors (Lipinski definition) is 5. The first-order chi connectivity index (χ1) is 14.0. The molecule has 0 aliphatic carbocycles. The summed E-state index contributed by atoms with van der Waals surface area (Å²) in [7, 11) is 0. The Morgan fingerprint density at radius 2 is 1.59 bits per heavy atom. The number of anilines is 1. The van der Waals surface area contributed by atoms with Gasteiger partial charge in [0.15, 0.2) is 5.82 Å². The first-order valence-corrected chi connectivity index (χ1v) is 9.11. The second-order valence-corrected chi connectivity index (χ2v) is 6.48. The predicted octanol–water partition coefficient (Wildman–Crippen LogP) is 4.55. The fraction of sp³-hybridized carbons (Fsp3) is 0.238. The number of nitrogens with zero attached hydrogens (tertiary/aromatic N) is 3. The maximum Gasteiger partial charge on any atom is 0.573 e. The SMILES string of the molecule is FC(F)(F)Oc1cccc(-c2nc(-c3ccccc3)cc(N3CCOCC3)n2)c1. The largest absolute Gasteiger partial charge is 0.573 e. The summed E-state index contributed by atoms with van der Waals surface area (Å²) in [6.45, 7) is 2.55. The van der Waals surface area contributed by atoms with E-state index in [9.17, 15) is 13.2 Å². The zero-order valence-corrected chi connectivity index (χ0v) is 15.4. The molecule has 0 unspecified atom stereocenters. The lowest BCUT2D eigenvalue weighted by Gasteiger charge is -2.28. The Morgan fingerprint density at radius 1 is 0.862 bits per heavy atom. The summed E-state index contributed by atoms with van der Waals surface area (Å²) in [5, 5.41) is 0. The second-order valence-electron chi connectivity index (χ2n) is 6.48. The van der Waals surface area contributed by atoms with Crippen LogP contribution in [0.25, 0.3) is 22.6 Å². The van der Waals surface area contributed by atoms with Crippen LogP contribution in [0.3, 0.4) is 0 Å². The molecule has 29 heavy (non-hydrogen) atoms. The van der Waals surface area contributed by atoms with Crippen molar-refractivity contribution in [1.29, 1.82) is 0 Å². The van der Waals surface area contributed by atoms with Gasteiger partial charge in [-0.05, 0) is 12.1 Å². The maximum atomic E-state index is 12.6. The van der Waals surface area contributed by atoms with Crippen LogP contribution in [0.2, 0.25) is 0 Å². The van der Waals surface area contributed by atoms with E-state index in [2.05, 4.69) is 19.6 Å². The van der Waals surface area contributed by atoms with Gasteiger partial charge in [-0.15, -0.1) is 13.2 Å². The standard InChI is InChI=1S/C21H18F3N3O2/c22-21(23,24)29-17-8-4-7-16(13-17)20-25-18(15-5-2-1-3-6-15)14-19(26-20)27-9-11-28-12-10-27/h1-8,13-14H,9-12H2. The van der Waals surface area contributed by atoms with Crippen molar-refractivity contribution in [1.82, 2.24) is 9.97 Å². The number of ether oxygens (including phenoxy) is 2. The van der Waals surface area contributed by atoms with Crippen molar-refractivity contribution >= 4 is 5.82 Å². The number of benzene rings is 2. The highest BCUT2D eigenvalue weighted by Crippen LogP contribution is 2.30. The van der Waals surface area contributed by atoms with Crippen LogP contribution in [-0.2, 0) is 4.74 Å². The van der Waals surface area contributed by atoms with Crippen LogP contribution in [0.15, 0.2) is 60.7 Å². The Morgan fingerprint density at radius 3 is 2.31 bits per heavy atom. The summed E-state index contributed by atoms with van der Waals surface area (Å²) in [4.78, 5) is 11.3. The number of morpholine rings is 1. The molecule has 1 aromatic heterocycles. The third-order valence-electron chi connectivity index (χ3n) is 4.44. The smallest absolute Gasteiger partial charge is 0.406 e. The van der Waals surface area contributed by atoms with Gasteiger partial charge in [-0.2, -0.15) is 0 Å². The van der Waals surface area contributed by atoms with Crippen molar-refractivity contribution in [3.8, 4) is 28.4 Å². The summed E-state index contributed by atoms with van der Waals surface area (Å²) >= 11 is 0. The van der Waals surface area contributed by atoms with Crippen molar-refractivity contribution in [2.24, 2.45) is 0 Å². The highest BCUT2D eigenvalue weighted by Gasteiger charge is 2.31. The van der Waals surface area contributed by atoms with Crippen LogP contribution >= 0.6 is 0 Å². The quantitative estimate of drug-likeness (QED) is 0.642. The predicted molar refractivity (Wildman–Crippen MR) is 103 cm³/mol. The molecule has 150 valence electrons. The van der Waals surface area contributed by atoms with Gasteiger partial charge in [0.2, 0.25) is 0 Å². The number of alkyl halides is 3. The highest BCUT2D eigenvalue weighted by molar-refractivity contribution is 5.68. The van der Waals surface area contributed by atoms with Crippen molar-refractivity contribution in [2.75, 3.05) is 31.2 Å². The molecule has 0 N–H and O–H groups in total. The third-order valence-corrected chi connectivity index (χ3v) is 4.44. The number of hydrogen-bond donors (Lipinski definition) is 0. The van der Waals surface area contributed by atoms with Crippen LogP contribution < -0.4 is 9.64 Å². The Kier molecular flexibility index (Phi) is 5.35. The summed E-state index contributed by atoms with van der Waals surface area (Å²) in [5.41, 5.74) is 2.03. The van der Waals surface area contributed by atoms with Crippen LogP contribution in [0.4, 0.5) is 19.0 Å². The molecular weight excluding hydrogens is 383 g/mol. The summed E-state index contributed by atoms with van der Waals surface area (Å²) in [6, 6.07) is 17.2. The first-order valence-electron chi connectivity index (χ1n) is 9.11. The van der Waals surface area contributed by atoms with Gasteiger partial charge in [0.25, 0.3) is 0 Å². The lowest BCUT2D eigenvalue weighted by molar-refractivity contribution is -0.274. The lowest BCUT2D eigenvalue weighted by atomic mass is 10.1. The third kappa shape index (κ3) is 4.83. The number of halogens is 3. The minimum absolute atomic E-state index is 0.309. The Hall–Kier alpha value is -3.13. The normalized spacial score (nSPS) is 14.7. The molecular formula is C21H18F3N3O2. The lowest BCUT2D eigenvalue weighted by Crippen LogP contribution is -2.36. The van der Waals surface area contributed by atoms with Crippen LogP contribution in [-0.4, -0.2) is 42.6 Å². The maximum absolute atomic E-state index is 12.6. The van der Waals surface area contributed by atoms with Crippen LogP contribution in [0.1, 0.15) is 0 Å². The fourth-order valence-corrected chi connectivity index (χ4v) is 3.11. The molecule has 1 aliphatic heterocycles. The molecule has 0 bridgehead atoms. The van der Waals surface area contributed by atoms with E-state index >= 15 is 0 Å². The molecule has 8 heteroatoms. The van der Waals surface area contributed by atoms with Gasteiger partial charge >= 0.3 is 6.36 Å². The first kappa shape index (κ1) is 19.2. The molecule has 0 spiro atoms. The zero-order chi connectivity index (χ0) is 20.3. The van der Waals surface area contributed by atoms with E-state index in [4.69, 9.17) is 4.74 Å². The Labute approximate surface area is 165 Å². The van der Waals surface area contributed by atoms with Gasteiger partial charge in [-0.3, -0.25) is 0 Å². The van der Waals surface area contributed by atoms with Crippen molar-refractivity contribution in [3.05, 3.63) is 60.7 Å². The number of aromatic nitrogens is 2. The molecule has 5 nitrogen and oxygen atoms in total. The van der Waals surface area contributed by atoms with Gasteiger partial charge in [-0.1, -0.05) is 42.5 Å². The molecule has 1 aliphatic rings. The van der Waals surface area contributed by atoms with E-state index in [1.165, 1.54) is 18.2 Å². The second kappa shape index (κ2) is 8.08. The monoisotopic (exact) mass is 401 g/mol. The van der Waals surface area contributed by atoms with Crippen molar-refractivity contribution < 1.29 is 22.6 Å². The molecule has 2 aromatic carbocycles. The van der Waals surface area contributed by atoms with E-state index < -0.39 is 6.36 Å². The Bertz CT molecular complexity index is 974. The van der Waals surface area contributed by atoms with E-state index in [1.807, 2.05) is 36.4 Å². The van der Waals surface area contributed by atoms with Crippen molar-refractivity contribution in [2.45, 2.75) is 6.36 Å². The molecule has 1 fully saturated rings. The van der Waals surface area contributed by atoms with E-state index in [-0.39, 0.29) is 5.75 Å². The molecule has 2 heterocycles. The van der Waals surface area contributed by atoms with Gasteiger partial charge < -0.3 is 14.4 Å². The Balaban J connectivity index is 1.77. The number of rotatable bonds is 4. The van der Waals surface area contributed by atoms with E-state index in [0.29, 0.717) is 49.2 Å². The van der Waals surface area contributed by atoms with E-state index in [1.54, 1.807) is 6.07 Å². The molecule has 0 radical (unpaired) electrons. The molecule has 0 amide bonds. The molecule has 0 atom stereocenters. The summed E-state index contributed by atoms with van der Waals surface area (Å²) in [6.07, 6.45) is -4.76. The van der Waals surface area contributed by atoms with Crippen LogP contribution in [0.5, 0.6) is 5.75 Å². The van der Waals surface area contributed by atoms with Gasteiger partial charge in [-0.25, -0.2) is 9.97 Å². The summed E-state index contributed by atoms with van der Waals surface area (Å²) in [5.74, 6) is 0.733. The van der Waals surface area contributed by atoms with Gasteiger partial charge in [0.1, 0.15) is 11.6 Å². The molecule has 3 aromatic rings. The van der Waals surface area contributed by atoms with Crippen molar-refractivity contribution in [3.63, 3.8) is 0 Å². The van der Waals surface area contributed by atoms with E-state index in [0.717, 1.165) is 5.56 Å².